The van der Waals surface area contributed by atoms with Crippen LogP contribution in [0.3, 0.4) is 0 Å². The molecule has 0 radical (unpaired) electrons. The fourth-order valence-electron chi connectivity index (χ4n) is 2.66. The second kappa shape index (κ2) is 4.36. The number of nitrogens with zero attached hydrogens (tertiary/aromatic N) is 2. The van der Waals surface area contributed by atoms with E-state index in [1.165, 1.54) is 0 Å². The lowest BCUT2D eigenvalue weighted by Crippen LogP contribution is -2.08. The minimum Gasteiger partial charge on any atom is -0.383 e. The van der Waals surface area contributed by atoms with Crippen LogP contribution in [0.25, 0.3) is 0 Å². The molecular formula is C13H11F3N4. The molecule has 0 aliphatic heterocycles. The summed E-state index contributed by atoms with van der Waals surface area (Å²) in [5.41, 5.74) is 12.9. The minimum absolute atomic E-state index is 0.0679. The van der Waals surface area contributed by atoms with Gasteiger partial charge in [0.25, 0.3) is 0 Å². The third-order valence-electron chi connectivity index (χ3n) is 3.50. The quantitative estimate of drug-likeness (QED) is 0.784. The lowest BCUT2D eigenvalue weighted by Gasteiger charge is -2.14. The van der Waals surface area contributed by atoms with E-state index in [4.69, 9.17) is 11.5 Å². The number of aryl methyl sites for hydroxylation is 1. The van der Waals surface area contributed by atoms with Crippen LogP contribution in [0.2, 0.25) is 0 Å². The summed E-state index contributed by atoms with van der Waals surface area (Å²) >= 11 is 0. The highest BCUT2D eigenvalue weighted by Gasteiger charge is 2.30. The maximum atomic E-state index is 13.3. The second-order valence-electron chi connectivity index (χ2n) is 4.72. The van der Waals surface area contributed by atoms with Crippen LogP contribution in [0.15, 0.2) is 12.1 Å². The van der Waals surface area contributed by atoms with Gasteiger partial charge in [-0.2, -0.15) is 4.98 Å². The van der Waals surface area contributed by atoms with Crippen LogP contribution in [0.1, 0.15) is 29.2 Å². The van der Waals surface area contributed by atoms with Crippen molar-refractivity contribution in [1.29, 1.82) is 0 Å². The van der Waals surface area contributed by atoms with Gasteiger partial charge in [-0.1, -0.05) is 0 Å². The number of hydrogen-bond donors (Lipinski definition) is 2. The minimum atomic E-state index is -1.48. The number of nitrogen functional groups attached to an aromatic ring is 2. The first kappa shape index (κ1) is 12.7. The van der Waals surface area contributed by atoms with Crippen molar-refractivity contribution in [3.05, 3.63) is 46.4 Å². The Labute approximate surface area is 112 Å². The van der Waals surface area contributed by atoms with E-state index in [0.29, 0.717) is 29.7 Å². The Bertz CT molecular complexity index is 679. The molecule has 1 aromatic carbocycles. The molecule has 0 saturated carbocycles. The van der Waals surface area contributed by atoms with Gasteiger partial charge in [-0.25, -0.2) is 18.2 Å². The SMILES string of the molecule is Nc1nc(N)c2c(n1)CCC2c1cc(F)c(F)c(F)c1. The van der Waals surface area contributed by atoms with Crippen LogP contribution in [0.5, 0.6) is 0 Å². The first-order valence-corrected chi connectivity index (χ1v) is 6.03. The van der Waals surface area contributed by atoms with Crippen LogP contribution in [0, 0.1) is 17.5 Å². The molecule has 4 nitrogen and oxygen atoms in total. The van der Waals surface area contributed by atoms with E-state index >= 15 is 0 Å². The number of aromatic nitrogens is 2. The molecule has 2 aromatic rings. The van der Waals surface area contributed by atoms with Gasteiger partial charge in [-0.3, -0.25) is 0 Å². The number of benzene rings is 1. The van der Waals surface area contributed by atoms with Crippen LogP contribution >= 0.6 is 0 Å². The van der Waals surface area contributed by atoms with E-state index in [-0.39, 0.29) is 17.7 Å². The topological polar surface area (TPSA) is 77.8 Å². The Morgan fingerprint density at radius 2 is 1.70 bits per heavy atom. The summed E-state index contributed by atoms with van der Waals surface area (Å²) < 4.78 is 39.7. The number of nitrogens with two attached hydrogens (primary N) is 2. The number of halogens is 3. The lowest BCUT2D eigenvalue weighted by atomic mass is 9.93. The Kier molecular flexibility index (Phi) is 2.77. The number of fused-ring (bicyclic) bond motifs is 1. The van der Waals surface area contributed by atoms with Gasteiger partial charge in [-0.05, 0) is 30.5 Å². The Balaban J connectivity index is 2.12. The van der Waals surface area contributed by atoms with Crippen molar-refractivity contribution in [2.24, 2.45) is 0 Å². The molecule has 1 heterocycles. The summed E-state index contributed by atoms with van der Waals surface area (Å²) in [6.45, 7) is 0. The molecule has 1 aromatic heterocycles. The number of hydrogen-bond acceptors (Lipinski definition) is 4. The molecule has 0 fully saturated rings. The van der Waals surface area contributed by atoms with Gasteiger partial charge in [-0.15, -0.1) is 0 Å². The molecule has 104 valence electrons. The van der Waals surface area contributed by atoms with E-state index in [0.717, 1.165) is 12.1 Å². The van der Waals surface area contributed by atoms with E-state index < -0.39 is 17.5 Å². The standard InChI is InChI=1S/C13H11F3N4/c14-7-3-5(4-8(15)11(7)16)6-1-2-9-10(6)12(17)20-13(18)19-9/h3-4,6H,1-2H2,(H4,17,18,19,20). The van der Waals surface area contributed by atoms with Gasteiger partial charge in [0.15, 0.2) is 17.5 Å². The van der Waals surface area contributed by atoms with Crippen LogP contribution in [-0.2, 0) is 6.42 Å². The first-order valence-electron chi connectivity index (χ1n) is 6.03. The molecule has 0 bridgehead atoms. The van der Waals surface area contributed by atoms with Crippen molar-refractivity contribution in [2.75, 3.05) is 11.5 Å². The largest absolute Gasteiger partial charge is 0.383 e. The maximum absolute atomic E-state index is 13.3. The molecule has 1 atom stereocenters. The van der Waals surface area contributed by atoms with Crippen molar-refractivity contribution in [1.82, 2.24) is 9.97 Å². The molecule has 20 heavy (non-hydrogen) atoms. The van der Waals surface area contributed by atoms with E-state index in [9.17, 15) is 13.2 Å². The fraction of sp³-hybridized carbons (Fsp3) is 0.231. The number of rotatable bonds is 1. The highest BCUT2D eigenvalue weighted by Crippen LogP contribution is 2.40. The predicted octanol–water partition coefficient (Wildman–Crippen LogP) is 2.14. The molecule has 0 amide bonds. The zero-order chi connectivity index (χ0) is 14.4. The van der Waals surface area contributed by atoms with E-state index in [1.807, 2.05) is 0 Å². The molecule has 0 saturated heterocycles. The molecule has 0 spiro atoms. The number of anilines is 2. The molecule has 1 aliphatic carbocycles. The van der Waals surface area contributed by atoms with Gasteiger partial charge in [0.2, 0.25) is 5.95 Å². The summed E-state index contributed by atoms with van der Waals surface area (Å²) in [5, 5.41) is 0. The summed E-state index contributed by atoms with van der Waals surface area (Å²) in [5.74, 6) is -4.01. The monoisotopic (exact) mass is 280 g/mol. The second-order valence-corrected chi connectivity index (χ2v) is 4.72. The van der Waals surface area contributed by atoms with Gasteiger partial charge >= 0.3 is 0 Å². The Morgan fingerprint density at radius 1 is 1.05 bits per heavy atom. The Hall–Kier alpha value is -2.31. The summed E-state index contributed by atoms with van der Waals surface area (Å²) in [7, 11) is 0. The molecule has 3 rings (SSSR count). The molecular weight excluding hydrogens is 269 g/mol. The average Bonchev–Trinajstić information content (AvgIpc) is 2.79. The van der Waals surface area contributed by atoms with Gasteiger partial charge < -0.3 is 11.5 Å². The van der Waals surface area contributed by atoms with Crippen molar-refractivity contribution in [3.8, 4) is 0 Å². The third-order valence-corrected chi connectivity index (χ3v) is 3.50. The molecule has 1 aliphatic rings. The fourth-order valence-corrected chi connectivity index (χ4v) is 2.66. The van der Waals surface area contributed by atoms with Crippen LogP contribution in [0.4, 0.5) is 24.9 Å². The van der Waals surface area contributed by atoms with Gasteiger partial charge in [0, 0.05) is 11.5 Å². The molecule has 7 heteroatoms. The van der Waals surface area contributed by atoms with Crippen molar-refractivity contribution < 1.29 is 13.2 Å². The van der Waals surface area contributed by atoms with Gasteiger partial charge in [0.1, 0.15) is 5.82 Å². The molecule has 1 unspecified atom stereocenters. The maximum Gasteiger partial charge on any atom is 0.222 e. The normalized spacial score (nSPS) is 17.2. The van der Waals surface area contributed by atoms with Gasteiger partial charge in [0.05, 0.1) is 5.69 Å². The average molecular weight is 280 g/mol. The van der Waals surface area contributed by atoms with Crippen molar-refractivity contribution >= 4 is 11.8 Å². The predicted molar refractivity (Wildman–Crippen MR) is 67.3 cm³/mol. The Morgan fingerprint density at radius 3 is 2.35 bits per heavy atom. The third kappa shape index (κ3) is 1.86. The van der Waals surface area contributed by atoms with E-state index in [1.54, 1.807) is 0 Å². The van der Waals surface area contributed by atoms with Crippen molar-refractivity contribution in [2.45, 2.75) is 18.8 Å². The summed E-state index contributed by atoms with van der Waals surface area (Å²) in [6.07, 6.45) is 1.15. The first-order chi connectivity index (χ1) is 9.47. The highest BCUT2D eigenvalue weighted by atomic mass is 19.2. The van der Waals surface area contributed by atoms with E-state index in [2.05, 4.69) is 9.97 Å². The summed E-state index contributed by atoms with van der Waals surface area (Å²) in [6, 6.07) is 1.96. The summed E-state index contributed by atoms with van der Waals surface area (Å²) in [4.78, 5) is 7.94. The zero-order valence-corrected chi connectivity index (χ0v) is 10.3. The smallest absolute Gasteiger partial charge is 0.222 e. The highest BCUT2D eigenvalue weighted by molar-refractivity contribution is 5.54. The zero-order valence-electron chi connectivity index (χ0n) is 10.3. The van der Waals surface area contributed by atoms with Crippen LogP contribution < -0.4 is 11.5 Å². The lowest BCUT2D eigenvalue weighted by molar-refractivity contribution is 0.444. The van der Waals surface area contributed by atoms with Crippen molar-refractivity contribution in [3.63, 3.8) is 0 Å². The molecule has 4 N–H and O–H groups in total. The van der Waals surface area contributed by atoms with Crippen LogP contribution in [-0.4, -0.2) is 9.97 Å².